The molecule has 0 unspecified atom stereocenters. The van der Waals surface area contributed by atoms with Gasteiger partial charge in [-0.15, -0.1) is 12.6 Å². The molecule has 0 aliphatic heterocycles. The molecule has 1 aromatic carbocycles. The van der Waals surface area contributed by atoms with Crippen molar-refractivity contribution in [3.05, 3.63) is 54.9 Å². The standard InChI is InChI=1S/C18H12N6S/c19-17-20-8-6-14-15(13-5-7-21-18(25)23-13)11-9-10-3-1-2-4-12(10)22-16(11)24(14)17/h1-9H,(H2,19,20)(H,21,23,25). The molecule has 4 aromatic heterocycles. The zero-order valence-electron chi connectivity index (χ0n) is 13.0. The molecule has 6 nitrogen and oxygen atoms in total. The lowest BCUT2D eigenvalue weighted by Gasteiger charge is -2.02. The van der Waals surface area contributed by atoms with Gasteiger partial charge in [-0.1, -0.05) is 18.2 Å². The van der Waals surface area contributed by atoms with Gasteiger partial charge in [0.2, 0.25) is 5.95 Å². The van der Waals surface area contributed by atoms with E-state index >= 15 is 0 Å². The maximum atomic E-state index is 6.15. The monoisotopic (exact) mass is 344 g/mol. The van der Waals surface area contributed by atoms with Gasteiger partial charge in [0.25, 0.3) is 0 Å². The molecule has 2 N–H and O–H groups in total. The Morgan fingerprint density at radius 2 is 1.80 bits per heavy atom. The SMILES string of the molecule is Nc1nccc2c(-c3ccnc(S)n3)c3cc4ccccc4nc3n12. The van der Waals surface area contributed by atoms with Crippen molar-refractivity contribution >= 4 is 46.0 Å². The summed E-state index contributed by atoms with van der Waals surface area (Å²) in [4.78, 5) is 17.6. The molecule has 0 saturated carbocycles. The third-order valence-corrected chi connectivity index (χ3v) is 4.46. The number of pyridine rings is 1. The normalized spacial score (nSPS) is 11.6. The van der Waals surface area contributed by atoms with Crippen LogP contribution in [0.4, 0.5) is 5.95 Å². The number of aromatic nitrogens is 5. The van der Waals surface area contributed by atoms with E-state index in [2.05, 4.69) is 33.6 Å². The highest BCUT2D eigenvalue weighted by atomic mass is 32.1. The summed E-state index contributed by atoms with van der Waals surface area (Å²) >= 11 is 4.27. The third kappa shape index (κ3) is 2.06. The van der Waals surface area contributed by atoms with Crippen LogP contribution >= 0.6 is 12.6 Å². The average molecular weight is 344 g/mol. The second-order valence-electron chi connectivity index (χ2n) is 5.69. The predicted octanol–water partition coefficient (Wildman–Crippen LogP) is 3.36. The van der Waals surface area contributed by atoms with Gasteiger partial charge < -0.3 is 5.73 Å². The molecule has 0 bridgehead atoms. The number of hydrogen-bond acceptors (Lipinski definition) is 6. The number of nitrogen functional groups attached to an aromatic ring is 1. The first-order chi connectivity index (χ1) is 12.2. The molecule has 4 heterocycles. The molecule has 0 fully saturated rings. The van der Waals surface area contributed by atoms with E-state index in [4.69, 9.17) is 10.7 Å². The molecule has 0 aliphatic carbocycles. The Morgan fingerprint density at radius 3 is 2.68 bits per heavy atom. The highest BCUT2D eigenvalue weighted by molar-refractivity contribution is 7.80. The summed E-state index contributed by atoms with van der Waals surface area (Å²) in [5, 5.41) is 2.43. The minimum Gasteiger partial charge on any atom is -0.369 e. The van der Waals surface area contributed by atoms with Gasteiger partial charge in [0, 0.05) is 28.7 Å². The van der Waals surface area contributed by atoms with Crippen molar-refractivity contribution in [3.8, 4) is 11.3 Å². The number of benzene rings is 1. The first kappa shape index (κ1) is 14.2. The molecule has 0 amide bonds. The Hall–Kier alpha value is -3.19. The number of fused-ring (bicyclic) bond motifs is 4. The summed E-state index contributed by atoms with van der Waals surface area (Å²) in [6.07, 6.45) is 3.38. The summed E-state index contributed by atoms with van der Waals surface area (Å²) in [5.74, 6) is 0.386. The van der Waals surface area contributed by atoms with Gasteiger partial charge in [-0.3, -0.25) is 4.40 Å². The Kier molecular flexibility index (Phi) is 2.92. The molecule has 0 radical (unpaired) electrons. The number of rotatable bonds is 1. The van der Waals surface area contributed by atoms with Gasteiger partial charge in [-0.05, 0) is 24.3 Å². The summed E-state index contributed by atoms with van der Waals surface area (Å²) in [5.41, 5.74) is 10.4. The highest BCUT2D eigenvalue weighted by Crippen LogP contribution is 2.36. The Morgan fingerprint density at radius 1 is 0.960 bits per heavy atom. The van der Waals surface area contributed by atoms with Crippen LogP contribution in [-0.4, -0.2) is 24.3 Å². The van der Waals surface area contributed by atoms with Gasteiger partial charge in [0.1, 0.15) is 5.65 Å². The van der Waals surface area contributed by atoms with Crippen molar-refractivity contribution in [3.63, 3.8) is 0 Å². The number of thiol groups is 1. The fourth-order valence-corrected chi connectivity index (χ4v) is 3.39. The summed E-state index contributed by atoms with van der Waals surface area (Å²) in [7, 11) is 0. The van der Waals surface area contributed by atoms with Gasteiger partial charge in [0.05, 0.1) is 16.7 Å². The smallest absolute Gasteiger partial charge is 0.206 e. The number of nitrogens with two attached hydrogens (primary N) is 1. The molecule has 25 heavy (non-hydrogen) atoms. The Balaban J connectivity index is 2.04. The topological polar surface area (TPSA) is 82.0 Å². The van der Waals surface area contributed by atoms with E-state index in [0.717, 1.165) is 38.7 Å². The van der Waals surface area contributed by atoms with Crippen LogP contribution in [0.5, 0.6) is 0 Å². The van der Waals surface area contributed by atoms with Crippen molar-refractivity contribution in [2.24, 2.45) is 0 Å². The van der Waals surface area contributed by atoms with Crippen LogP contribution in [0.2, 0.25) is 0 Å². The molecule has 120 valence electrons. The summed E-state index contributed by atoms with van der Waals surface area (Å²) < 4.78 is 1.86. The first-order valence-corrected chi connectivity index (χ1v) is 8.14. The third-order valence-electron chi connectivity index (χ3n) is 4.25. The maximum absolute atomic E-state index is 6.15. The Bertz CT molecular complexity index is 1280. The van der Waals surface area contributed by atoms with Crippen LogP contribution < -0.4 is 5.73 Å². The van der Waals surface area contributed by atoms with E-state index in [0.29, 0.717) is 11.1 Å². The molecule has 7 heteroatoms. The van der Waals surface area contributed by atoms with Crippen molar-refractivity contribution in [2.45, 2.75) is 5.16 Å². The van der Waals surface area contributed by atoms with Crippen LogP contribution in [0.3, 0.4) is 0 Å². The van der Waals surface area contributed by atoms with Gasteiger partial charge in [0.15, 0.2) is 5.16 Å². The molecular formula is C18H12N6S. The molecule has 0 spiro atoms. The quantitative estimate of drug-likeness (QED) is 0.360. The molecule has 0 aliphatic rings. The van der Waals surface area contributed by atoms with Gasteiger partial charge in [-0.25, -0.2) is 19.9 Å². The highest BCUT2D eigenvalue weighted by Gasteiger charge is 2.18. The summed E-state index contributed by atoms with van der Waals surface area (Å²) in [6, 6.07) is 13.9. The number of nitrogens with zero attached hydrogens (tertiary/aromatic N) is 5. The molecule has 0 atom stereocenters. The average Bonchev–Trinajstić information content (AvgIpc) is 2.94. The zero-order chi connectivity index (χ0) is 17.0. The fraction of sp³-hybridized carbons (Fsp3) is 0. The van der Waals surface area contributed by atoms with E-state index in [9.17, 15) is 0 Å². The second-order valence-corrected chi connectivity index (χ2v) is 6.09. The lowest BCUT2D eigenvalue weighted by atomic mass is 10.1. The van der Waals surface area contributed by atoms with Crippen molar-refractivity contribution < 1.29 is 0 Å². The van der Waals surface area contributed by atoms with E-state index in [-0.39, 0.29) is 0 Å². The molecular weight excluding hydrogens is 332 g/mol. The number of para-hydroxylation sites is 1. The zero-order valence-corrected chi connectivity index (χ0v) is 13.9. The van der Waals surface area contributed by atoms with E-state index in [1.165, 1.54) is 0 Å². The minimum atomic E-state index is 0.386. The van der Waals surface area contributed by atoms with Crippen molar-refractivity contribution in [1.82, 2.24) is 24.3 Å². The minimum absolute atomic E-state index is 0.386. The van der Waals surface area contributed by atoms with Crippen molar-refractivity contribution in [1.29, 1.82) is 0 Å². The van der Waals surface area contributed by atoms with Crippen LogP contribution in [0.25, 0.3) is 38.7 Å². The predicted molar refractivity (Wildman–Crippen MR) is 101 cm³/mol. The molecule has 5 rings (SSSR count). The lowest BCUT2D eigenvalue weighted by Crippen LogP contribution is -2.00. The van der Waals surface area contributed by atoms with Crippen LogP contribution in [-0.2, 0) is 0 Å². The van der Waals surface area contributed by atoms with Gasteiger partial charge in [-0.2, -0.15) is 0 Å². The van der Waals surface area contributed by atoms with Crippen molar-refractivity contribution in [2.75, 3.05) is 5.73 Å². The van der Waals surface area contributed by atoms with E-state index in [1.54, 1.807) is 12.4 Å². The first-order valence-electron chi connectivity index (χ1n) is 7.69. The Labute approximate surface area is 147 Å². The number of hydrogen-bond donors (Lipinski definition) is 2. The van der Waals surface area contributed by atoms with E-state index in [1.807, 2.05) is 40.8 Å². The lowest BCUT2D eigenvalue weighted by molar-refractivity contribution is 0.982. The summed E-state index contributed by atoms with van der Waals surface area (Å²) in [6.45, 7) is 0. The van der Waals surface area contributed by atoms with Gasteiger partial charge >= 0.3 is 0 Å². The fourth-order valence-electron chi connectivity index (χ4n) is 3.21. The second kappa shape index (κ2) is 5.15. The largest absolute Gasteiger partial charge is 0.369 e. The van der Waals surface area contributed by atoms with Crippen LogP contribution in [0.15, 0.2) is 60.0 Å². The van der Waals surface area contributed by atoms with Crippen LogP contribution in [0.1, 0.15) is 0 Å². The molecule has 0 saturated heterocycles. The van der Waals surface area contributed by atoms with E-state index < -0.39 is 0 Å². The molecule has 5 aromatic rings. The van der Waals surface area contributed by atoms with Crippen LogP contribution in [0, 0.1) is 0 Å². The maximum Gasteiger partial charge on any atom is 0.206 e. The number of anilines is 1.